The highest BCUT2D eigenvalue weighted by molar-refractivity contribution is 6.11. The molecule has 0 amide bonds. The number of nitrogens with zero attached hydrogens (tertiary/aromatic N) is 1. The topological polar surface area (TPSA) is 88.0 Å². The molecule has 0 bridgehead atoms. The molecule has 0 saturated heterocycles. The smallest absolute Gasteiger partial charge is 0.365 e. The number of rotatable bonds is 4. The molecule has 2 N–H and O–H groups in total. The van der Waals surface area contributed by atoms with Gasteiger partial charge in [0, 0.05) is 11.8 Å². The minimum Gasteiger partial charge on any atom is -0.480 e. The third kappa shape index (κ3) is 2.73. The third-order valence-electron chi connectivity index (χ3n) is 2.13. The normalized spacial score (nSPS) is 16.3. The molecule has 18 heavy (non-hydrogen) atoms. The van der Waals surface area contributed by atoms with Crippen molar-refractivity contribution >= 4 is 17.8 Å². The second kappa shape index (κ2) is 5.13. The number of carbonyl (C=O) groups is 2. The quantitative estimate of drug-likeness (QED) is 0.596. The molecule has 6 nitrogen and oxygen atoms in total. The number of esters is 1. The van der Waals surface area contributed by atoms with Gasteiger partial charge in [-0.3, -0.25) is 4.79 Å². The molecule has 92 valence electrons. The van der Waals surface area contributed by atoms with Crippen LogP contribution in [0.1, 0.15) is 5.56 Å². The molecule has 1 heterocycles. The minimum absolute atomic E-state index is 0.0510. The lowest BCUT2D eigenvalue weighted by Crippen LogP contribution is -2.18. The summed E-state index contributed by atoms with van der Waals surface area (Å²) in [6.45, 7) is -0.285. The van der Waals surface area contributed by atoms with Gasteiger partial charge in [0.1, 0.15) is 6.54 Å². The molecule has 0 unspecified atom stereocenters. The Morgan fingerprint density at radius 2 is 2.11 bits per heavy atom. The zero-order valence-corrected chi connectivity index (χ0v) is 9.29. The summed E-state index contributed by atoms with van der Waals surface area (Å²) in [5.74, 6) is -1.42. The fraction of sp³-hybridized carbons (Fsp3) is 0.0833. The van der Waals surface area contributed by atoms with Crippen molar-refractivity contribution in [2.24, 2.45) is 4.99 Å². The van der Waals surface area contributed by atoms with Gasteiger partial charge in [-0.1, -0.05) is 18.2 Å². The second-order valence-electron chi connectivity index (χ2n) is 3.48. The van der Waals surface area contributed by atoms with Crippen LogP contribution >= 0.6 is 0 Å². The van der Waals surface area contributed by atoms with Crippen LogP contribution in [0.3, 0.4) is 0 Å². The van der Waals surface area contributed by atoms with E-state index in [4.69, 9.17) is 9.84 Å². The van der Waals surface area contributed by atoms with E-state index in [1.165, 1.54) is 6.20 Å². The highest BCUT2D eigenvalue weighted by atomic mass is 16.6. The van der Waals surface area contributed by atoms with Gasteiger partial charge in [-0.15, -0.1) is 0 Å². The molecule has 6 heteroatoms. The van der Waals surface area contributed by atoms with Crippen LogP contribution in [-0.2, 0) is 14.3 Å². The molecule has 0 atom stereocenters. The first kappa shape index (κ1) is 11.8. The Kier molecular flexibility index (Phi) is 3.38. The standard InChI is InChI=1S/C12H10N2O4/c15-10(16)7-13-6-9-12(17)18-11(14-9)8-4-2-1-3-5-8/h1-6,13H,7H2,(H,15,16)/b9-6+. The average Bonchev–Trinajstić information content (AvgIpc) is 2.72. The van der Waals surface area contributed by atoms with Gasteiger partial charge >= 0.3 is 11.9 Å². The van der Waals surface area contributed by atoms with Crippen LogP contribution < -0.4 is 5.32 Å². The molecule has 0 aliphatic carbocycles. The summed E-state index contributed by atoms with van der Waals surface area (Å²) in [6, 6.07) is 8.97. The summed E-state index contributed by atoms with van der Waals surface area (Å²) in [6.07, 6.45) is 1.23. The first-order valence-corrected chi connectivity index (χ1v) is 5.18. The molecule has 0 radical (unpaired) electrons. The maximum Gasteiger partial charge on any atom is 0.365 e. The van der Waals surface area contributed by atoms with Crippen LogP contribution in [0.25, 0.3) is 0 Å². The number of carboxylic acid groups (broad SMARTS) is 1. The van der Waals surface area contributed by atoms with Crippen molar-refractivity contribution in [1.82, 2.24) is 5.32 Å². The number of carboxylic acids is 1. The number of aliphatic carboxylic acids is 1. The highest BCUT2D eigenvalue weighted by Gasteiger charge is 2.23. The minimum atomic E-state index is -1.02. The van der Waals surface area contributed by atoms with Crippen molar-refractivity contribution in [3.05, 3.63) is 47.8 Å². The Labute approximate surface area is 103 Å². The van der Waals surface area contributed by atoms with Gasteiger partial charge in [-0.05, 0) is 12.1 Å². The van der Waals surface area contributed by atoms with Gasteiger partial charge in [-0.2, -0.15) is 0 Å². The van der Waals surface area contributed by atoms with E-state index in [0.29, 0.717) is 5.56 Å². The summed E-state index contributed by atoms with van der Waals surface area (Å²) in [5.41, 5.74) is 0.739. The number of hydrogen-bond donors (Lipinski definition) is 2. The summed E-state index contributed by atoms with van der Waals surface area (Å²) in [4.78, 5) is 25.7. The van der Waals surface area contributed by atoms with E-state index < -0.39 is 11.9 Å². The van der Waals surface area contributed by atoms with Crippen LogP contribution in [0.15, 0.2) is 47.2 Å². The molecule has 0 spiro atoms. The van der Waals surface area contributed by atoms with Crippen molar-refractivity contribution < 1.29 is 19.4 Å². The van der Waals surface area contributed by atoms with E-state index in [-0.39, 0.29) is 18.1 Å². The molecule has 2 rings (SSSR count). The Balaban J connectivity index is 2.12. The lowest BCUT2D eigenvalue weighted by atomic mass is 10.2. The maximum absolute atomic E-state index is 11.4. The van der Waals surface area contributed by atoms with Crippen LogP contribution in [-0.4, -0.2) is 29.5 Å². The number of nitrogens with one attached hydrogen (secondary N) is 1. The number of ether oxygens (including phenoxy) is 1. The lowest BCUT2D eigenvalue weighted by molar-refractivity contribution is -0.136. The second-order valence-corrected chi connectivity index (χ2v) is 3.48. The largest absolute Gasteiger partial charge is 0.480 e. The van der Waals surface area contributed by atoms with Crippen molar-refractivity contribution in [3.63, 3.8) is 0 Å². The predicted molar refractivity (Wildman–Crippen MR) is 62.8 cm³/mol. The van der Waals surface area contributed by atoms with E-state index >= 15 is 0 Å². The lowest BCUT2D eigenvalue weighted by Gasteiger charge is -1.97. The van der Waals surface area contributed by atoms with Crippen LogP contribution in [0.4, 0.5) is 0 Å². The van der Waals surface area contributed by atoms with E-state index in [1.807, 2.05) is 6.07 Å². The summed E-state index contributed by atoms with van der Waals surface area (Å²) >= 11 is 0. The van der Waals surface area contributed by atoms with Gasteiger partial charge < -0.3 is 15.2 Å². The Morgan fingerprint density at radius 3 is 2.78 bits per heavy atom. The molecule has 0 aromatic heterocycles. The fourth-order valence-electron chi connectivity index (χ4n) is 1.35. The van der Waals surface area contributed by atoms with Crippen LogP contribution in [0, 0.1) is 0 Å². The molecular weight excluding hydrogens is 236 g/mol. The average molecular weight is 246 g/mol. The number of hydrogen-bond acceptors (Lipinski definition) is 5. The summed E-state index contributed by atoms with van der Waals surface area (Å²) in [7, 11) is 0. The molecule has 1 aromatic carbocycles. The van der Waals surface area contributed by atoms with Crippen LogP contribution in [0.5, 0.6) is 0 Å². The first-order chi connectivity index (χ1) is 8.66. The third-order valence-corrected chi connectivity index (χ3v) is 2.13. The first-order valence-electron chi connectivity index (χ1n) is 5.18. The van der Waals surface area contributed by atoms with E-state index in [0.717, 1.165) is 0 Å². The molecule has 1 aliphatic heterocycles. The van der Waals surface area contributed by atoms with E-state index in [2.05, 4.69) is 10.3 Å². The number of carbonyl (C=O) groups excluding carboxylic acids is 1. The van der Waals surface area contributed by atoms with Crippen molar-refractivity contribution in [2.45, 2.75) is 0 Å². The Hall–Kier alpha value is -2.63. The summed E-state index contributed by atoms with van der Waals surface area (Å²) in [5, 5.41) is 10.9. The molecule has 0 fully saturated rings. The SMILES string of the molecule is O=C(O)CN/C=C1/N=C(c2ccccc2)OC1=O. The Morgan fingerprint density at radius 1 is 1.39 bits per heavy atom. The monoisotopic (exact) mass is 246 g/mol. The number of benzene rings is 1. The van der Waals surface area contributed by atoms with Gasteiger partial charge in [0.25, 0.3) is 0 Å². The highest BCUT2D eigenvalue weighted by Crippen LogP contribution is 2.15. The molecule has 0 saturated carbocycles. The predicted octanol–water partition coefficient (Wildman–Crippen LogP) is 0.506. The number of cyclic esters (lactones) is 1. The van der Waals surface area contributed by atoms with Gasteiger partial charge in [0.15, 0.2) is 5.70 Å². The Bertz CT molecular complexity index is 534. The molecule has 1 aliphatic rings. The number of aliphatic imine (C=N–C) groups is 1. The van der Waals surface area contributed by atoms with Gasteiger partial charge in [0.05, 0.1) is 0 Å². The van der Waals surface area contributed by atoms with Gasteiger partial charge in [-0.25, -0.2) is 9.79 Å². The van der Waals surface area contributed by atoms with Crippen LogP contribution in [0.2, 0.25) is 0 Å². The summed E-state index contributed by atoms with van der Waals surface area (Å²) < 4.78 is 4.97. The van der Waals surface area contributed by atoms with Gasteiger partial charge in [0.2, 0.25) is 5.90 Å². The van der Waals surface area contributed by atoms with Crippen molar-refractivity contribution in [1.29, 1.82) is 0 Å². The van der Waals surface area contributed by atoms with E-state index in [9.17, 15) is 9.59 Å². The zero-order valence-electron chi connectivity index (χ0n) is 9.29. The fourth-order valence-corrected chi connectivity index (χ4v) is 1.35. The van der Waals surface area contributed by atoms with E-state index in [1.54, 1.807) is 24.3 Å². The zero-order chi connectivity index (χ0) is 13.0. The van der Waals surface area contributed by atoms with Crippen molar-refractivity contribution in [2.75, 3.05) is 6.54 Å². The molecule has 1 aromatic rings. The maximum atomic E-state index is 11.4. The van der Waals surface area contributed by atoms with Crippen molar-refractivity contribution in [3.8, 4) is 0 Å². The molecular formula is C12H10N2O4.